The van der Waals surface area contributed by atoms with Crippen molar-refractivity contribution in [3.05, 3.63) is 71.9 Å². The molecule has 2 aromatic carbocycles. The first-order valence-electron chi connectivity index (χ1n) is 8.63. The van der Waals surface area contributed by atoms with Gasteiger partial charge in [0.1, 0.15) is 18.1 Å². The van der Waals surface area contributed by atoms with Gasteiger partial charge in [0, 0.05) is 17.4 Å². The minimum Gasteiger partial charge on any atom is -0.496 e. The predicted molar refractivity (Wildman–Crippen MR) is 101 cm³/mol. The van der Waals surface area contributed by atoms with Crippen LogP contribution in [0.5, 0.6) is 5.75 Å². The number of methoxy groups -OCH3 is 1. The summed E-state index contributed by atoms with van der Waals surface area (Å²) in [4.78, 5) is 22.1. The predicted octanol–water partition coefficient (Wildman–Crippen LogP) is 3.59. The zero-order valence-electron chi connectivity index (χ0n) is 14.8. The third-order valence-corrected chi connectivity index (χ3v) is 4.36. The molecule has 4 rings (SSSR count). The van der Waals surface area contributed by atoms with E-state index in [0.29, 0.717) is 6.42 Å². The van der Waals surface area contributed by atoms with E-state index >= 15 is 0 Å². The molecule has 1 aliphatic heterocycles. The second-order valence-electron chi connectivity index (χ2n) is 6.16. The Hall–Kier alpha value is -3.41. The minimum atomic E-state index is -0.477. The van der Waals surface area contributed by atoms with Gasteiger partial charge in [-0.15, -0.1) is 0 Å². The topological polar surface area (TPSA) is 70.0 Å². The highest BCUT2D eigenvalue weighted by atomic mass is 16.7. The lowest BCUT2D eigenvalue weighted by atomic mass is 10.0. The zero-order valence-corrected chi connectivity index (χ0v) is 14.8. The minimum absolute atomic E-state index is 0.107. The van der Waals surface area contributed by atoms with Gasteiger partial charge in [-0.1, -0.05) is 41.6 Å². The highest BCUT2D eigenvalue weighted by molar-refractivity contribution is 6.03. The van der Waals surface area contributed by atoms with Crippen molar-refractivity contribution >= 4 is 22.6 Å². The van der Waals surface area contributed by atoms with Crippen LogP contribution in [-0.4, -0.2) is 36.5 Å². The normalized spacial score (nSPS) is 15.9. The fourth-order valence-corrected chi connectivity index (χ4v) is 2.98. The number of carbonyl (C=O) groups is 1. The number of hydrogen-bond acceptors (Lipinski definition) is 6. The third kappa shape index (κ3) is 3.60. The largest absolute Gasteiger partial charge is 0.496 e. The van der Waals surface area contributed by atoms with Crippen LogP contribution in [0.2, 0.25) is 0 Å². The van der Waals surface area contributed by atoms with E-state index in [4.69, 9.17) is 14.3 Å². The van der Waals surface area contributed by atoms with Crippen molar-refractivity contribution in [2.75, 3.05) is 13.7 Å². The summed E-state index contributed by atoms with van der Waals surface area (Å²) in [7, 11) is 1.62. The van der Waals surface area contributed by atoms with Gasteiger partial charge in [-0.25, -0.2) is 9.78 Å². The number of ether oxygens (including phenoxy) is 2. The van der Waals surface area contributed by atoms with E-state index in [9.17, 15) is 4.79 Å². The van der Waals surface area contributed by atoms with Crippen molar-refractivity contribution in [3.8, 4) is 5.75 Å². The molecule has 0 spiro atoms. The van der Waals surface area contributed by atoms with Crippen molar-refractivity contribution in [1.29, 1.82) is 0 Å². The highest BCUT2D eigenvalue weighted by Crippen LogP contribution is 2.24. The summed E-state index contributed by atoms with van der Waals surface area (Å²) >= 11 is 0. The molecule has 136 valence electrons. The van der Waals surface area contributed by atoms with Crippen molar-refractivity contribution in [2.45, 2.75) is 12.5 Å². The van der Waals surface area contributed by atoms with Crippen LogP contribution in [0.15, 0.2) is 65.8 Å². The van der Waals surface area contributed by atoms with Crippen LogP contribution < -0.4 is 4.74 Å². The van der Waals surface area contributed by atoms with Gasteiger partial charge in [-0.3, -0.25) is 0 Å². The summed E-state index contributed by atoms with van der Waals surface area (Å²) in [5.74, 6) is 0.257. The van der Waals surface area contributed by atoms with Gasteiger partial charge in [0.2, 0.25) is 0 Å². The second-order valence-corrected chi connectivity index (χ2v) is 6.16. The first kappa shape index (κ1) is 17.0. The van der Waals surface area contributed by atoms with Crippen LogP contribution in [0.25, 0.3) is 10.9 Å². The van der Waals surface area contributed by atoms with Gasteiger partial charge < -0.3 is 14.3 Å². The summed E-state index contributed by atoms with van der Waals surface area (Å²) < 4.78 is 10.7. The Morgan fingerprint density at radius 1 is 1.11 bits per heavy atom. The summed E-state index contributed by atoms with van der Waals surface area (Å²) in [6, 6.07) is 18.7. The molecule has 6 nitrogen and oxygen atoms in total. The molecule has 1 aliphatic rings. The number of carbonyl (C=O) groups excluding carboxylic acids is 1. The third-order valence-electron chi connectivity index (χ3n) is 4.36. The molecule has 0 saturated carbocycles. The van der Waals surface area contributed by atoms with Crippen LogP contribution in [-0.2, 0) is 9.57 Å². The highest BCUT2D eigenvalue weighted by Gasteiger charge is 2.25. The molecule has 0 amide bonds. The molecule has 27 heavy (non-hydrogen) atoms. The number of oxime groups is 1. The van der Waals surface area contributed by atoms with E-state index in [1.807, 2.05) is 54.6 Å². The van der Waals surface area contributed by atoms with E-state index in [0.717, 1.165) is 27.9 Å². The van der Waals surface area contributed by atoms with Crippen molar-refractivity contribution in [3.63, 3.8) is 0 Å². The maximum atomic E-state index is 12.3. The van der Waals surface area contributed by atoms with Crippen molar-refractivity contribution in [1.82, 2.24) is 4.98 Å². The molecular formula is C21H18N2O4. The molecule has 1 atom stereocenters. The number of rotatable bonds is 5. The van der Waals surface area contributed by atoms with Gasteiger partial charge in [0.05, 0.1) is 18.3 Å². The molecule has 0 bridgehead atoms. The van der Waals surface area contributed by atoms with Crippen molar-refractivity contribution < 1.29 is 19.1 Å². The number of fused-ring (bicyclic) bond motifs is 1. The van der Waals surface area contributed by atoms with E-state index in [2.05, 4.69) is 10.1 Å². The molecule has 3 aromatic rings. The maximum absolute atomic E-state index is 12.3. The number of benzene rings is 2. The molecule has 0 fully saturated rings. The van der Waals surface area contributed by atoms with Crippen LogP contribution in [0, 0.1) is 0 Å². The van der Waals surface area contributed by atoms with Crippen LogP contribution in [0.4, 0.5) is 0 Å². The van der Waals surface area contributed by atoms with Gasteiger partial charge in [0.25, 0.3) is 0 Å². The fourth-order valence-electron chi connectivity index (χ4n) is 2.98. The lowest BCUT2D eigenvalue weighted by molar-refractivity contribution is 0.00647. The molecule has 0 radical (unpaired) electrons. The molecular weight excluding hydrogens is 344 g/mol. The number of hydrogen-bond donors (Lipinski definition) is 0. The van der Waals surface area contributed by atoms with E-state index in [1.165, 1.54) is 0 Å². The van der Waals surface area contributed by atoms with E-state index < -0.39 is 5.97 Å². The monoisotopic (exact) mass is 362 g/mol. The van der Waals surface area contributed by atoms with Crippen LogP contribution >= 0.6 is 0 Å². The number of pyridine rings is 1. The van der Waals surface area contributed by atoms with Gasteiger partial charge >= 0.3 is 5.97 Å². The maximum Gasteiger partial charge on any atom is 0.357 e. The standard InChI is InChI=1S/C21H18N2O4/c1-25-20-9-5-3-7-16(20)19-12-15(27-23-19)13-26-21(24)18-11-10-14-6-2-4-8-17(14)22-18/h2-11,15H,12-13H2,1H3/t15-/m1/s1. The molecule has 1 aromatic heterocycles. The average molecular weight is 362 g/mol. The SMILES string of the molecule is COc1ccccc1C1=NO[C@@H](COC(=O)c2ccc3ccccc3n2)C1. The lowest BCUT2D eigenvalue weighted by Crippen LogP contribution is -2.20. The van der Waals surface area contributed by atoms with Gasteiger partial charge in [-0.2, -0.15) is 0 Å². The molecule has 6 heteroatoms. The molecule has 0 aliphatic carbocycles. The summed E-state index contributed by atoms with van der Waals surface area (Å²) in [6.45, 7) is 0.107. The summed E-state index contributed by atoms with van der Waals surface area (Å²) in [6.07, 6.45) is 0.216. The summed E-state index contributed by atoms with van der Waals surface area (Å²) in [5, 5.41) is 5.09. The zero-order chi connectivity index (χ0) is 18.6. The van der Waals surface area contributed by atoms with Crippen LogP contribution in [0.1, 0.15) is 22.5 Å². The number of esters is 1. The Kier molecular flexibility index (Phi) is 4.70. The molecule has 2 heterocycles. The van der Waals surface area contributed by atoms with E-state index in [-0.39, 0.29) is 18.4 Å². The Labute approximate surface area is 156 Å². The molecule has 0 N–H and O–H groups in total. The average Bonchev–Trinajstić information content (AvgIpc) is 3.20. The smallest absolute Gasteiger partial charge is 0.357 e. The molecule has 0 saturated heterocycles. The van der Waals surface area contributed by atoms with Crippen LogP contribution in [0.3, 0.4) is 0 Å². The lowest BCUT2D eigenvalue weighted by Gasteiger charge is -2.10. The van der Waals surface area contributed by atoms with Crippen molar-refractivity contribution in [2.24, 2.45) is 5.16 Å². The first-order chi connectivity index (χ1) is 13.2. The Morgan fingerprint density at radius 2 is 1.93 bits per heavy atom. The Balaban J connectivity index is 1.37. The summed E-state index contributed by atoms with van der Waals surface area (Å²) in [5.41, 5.74) is 2.69. The number of nitrogens with zero attached hydrogens (tertiary/aromatic N) is 2. The van der Waals surface area contributed by atoms with Gasteiger partial charge in [-0.05, 0) is 24.3 Å². The first-order valence-corrected chi connectivity index (χ1v) is 8.63. The van der Waals surface area contributed by atoms with E-state index in [1.54, 1.807) is 13.2 Å². The second kappa shape index (κ2) is 7.45. The molecule has 0 unspecified atom stereocenters. The number of para-hydroxylation sites is 2. The van der Waals surface area contributed by atoms with Gasteiger partial charge in [0.15, 0.2) is 6.10 Å². The Bertz CT molecular complexity index is 1020. The Morgan fingerprint density at radius 3 is 2.81 bits per heavy atom. The fraction of sp³-hybridized carbons (Fsp3) is 0.190. The number of aromatic nitrogens is 1. The quantitative estimate of drug-likeness (QED) is 0.649.